The first-order valence-corrected chi connectivity index (χ1v) is 10.6. The van der Waals surface area contributed by atoms with E-state index in [0.717, 1.165) is 54.5 Å². The first kappa shape index (κ1) is 20.0. The lowest BCUT2D eigenvalue weighted by atomic mass is 10.2. The molecule has 0 radical (unpaired) electrons. The molecular weight excluding hydrogens is 324 g/mol. The fraction of sp³-hybridized carbons (Fsp3) is 0.588. The molecule has 23 heavy (non-hydrogen) atoms. The maximum atomic E-state index is 4.62. The molecule has 0 aliphatic carbocycles. The Bertz CT molecular complexity index is 463. The van der Waals surface area contributed by atoms with Gasteiger partial charge in [-0.3, -0.25) is 9.98 Å². The second-order valence-corrected chi connectivity index (χ2v) is 7.30. The topological polar surface area (TPSA) is 40.9 Å². The van der Waals surface area contributed by atoms with Crippen molar-refractivity contribution in [3.05, 3.63) is 23.5 Å². The van der Waals surface area contributed by atoms with Crippen LogP contribution in [0.3, 0.4) is 0 Å². The van der Waals surface area contributed by atoms with Crippen molar-refractivity contribution in [2.45, 2.75) is 12.8 Å². The Morgan fingerprint density at radius 2 is 1.43 bits per heavy atom. The van der Waals surface area contributed by atoms with Crippen LogP contribution in [0.2, 0.25) is 0 Å². The summed E-state index contributed by atoms with van der Waals surface area (Å²) in [6.07, 6.45) is 10.2. The van der Waals surface area contributed by atoms with Crippen molar-refractivity contribution >= 4 is 41.6 Å². The van der Waals surface area contributed by atoms with E-state index >= 15 is 0 Å². The standard InChI is InChI=1S/C17H28N4S2/c1-21(2)17-11-15(13-18-7-5-9-22-3)20-16(12-17)14-19-8-6-10-23-4/h11-14H,5-10H2,1-4H3. The zero-order valence-corrected chi connectivity index (χ0v) is 16.3. The van der Waals surface area contributed by atoms with Crippen molar-refractivity contribution in [1.29, 1.82) is 0 Å². The van der Waals surface area contributed by atoms with Crippen molar-refractivity contribution in [3.8, 4) is 0 Å². The van der Waals surface area contributed by atoms with E-state index in [9.17, 15) is 0 Å². The molecule has 128 valence electrons. The van der Waals surface area contributed by atoms with Gasteiger partial charge in [-0.1, -0.05) is 0 Å². The number of thioether (sulfide) groups is 2. The number of hydrogen-bond acceptors (Lipinski definition) is 6. The van der Waals surface area contributed by atoms with Gasteiger partial charge < -0.3 is 4.90 Å². The van der Waals surface area contributed by atoms with Gasteiger partial charge in [-0.05, 0) is 49.0 Å². The highest BCUT2D eigenvalue weighted by atomic mass is 32.2. The Balaban J connectivity index is 2.73. The Morgan fingerprint density at radius 3 is 1.83 bits per heavy atom. The number of pyridine rings is 1. The largest absolute Gasteiger partial charge is 0.378 e. The van der Waals surface area contributed by atoms with Crippen molar-refractivity contribution in [2.75, 3.05) is 56.1 Å². The molecule has 0 aliphatic heterocycles. The summed E-state index contributed by atoms with van der Waals surface area (Å²) in [5, 5.41) is 0. The molecule has 0 saturated carbocycles. The summed E-state index contributed by atoms with van der Waals surface area (Å²) in [7, 11) is 4.07. The normalized spacial score (nSPS) is 11.7. The van der Waals surface area contributed by atoms with Gasteiger partial charge in [0.15, 0.2) is 0 Å². The lowest BCUT2D eigenvalue weighted by molar-refractivity contribution is 0.946. The predicted molar refractivity (Wildman–Crippen MR) is 109 cm³/mol. The Morgan fingerprint density at radius 1 is 0.957 bits per heavy atom. The summed E-state index contributed by atoms with van der Waals surface area (Å²) in [5.74, 6) is 2.30. The van der Waals surface area contributed by atoms with Crippen LogP contribution in [0.25, 0.3) is 0 Å². The molecule has 0 N–H and O–H groups in total. The van der Waals surface area contributed by atoms with Crippen molar-refractivity contribution in [2.24, 2.45) is 9.98 Å². The third kappa shape index (κ3) is 9.01. The number of aliphatic imine (C=N–C) groups is 2. The fourth-order valence-corrected chi connectivity index (χ4v) is 2.70. The smallest absolute Gasteiger partial charge is 0.0836 e. The summed E-state index contributed by atoms with van der Waals surface area (Å²) >= 11 is 3.71. The highest BCUT2D eigenvalue weighted by molar-refractivity contribution is 7.98. The number of nitrogens with zero attached hydrogens (tertiary/aromatic N) is 4. The monoisotopic (exact) mass is 352 g/mol. The SMILES string of the molecule is CSCCCN=Cc1cc(N(C)C)cc(C=NCCCSC)n1. The molecule has 0 aromatic carbocycles. The number of aromatic nitrogens is 1. The number of anilines is 1. The Labute approximate surface area is 149 Å². The molecule has 0 unspecified atom stereocenters. The molecule has 0 atom stereocenters. The Hall–Kier alpha value is -1.01. The van der Waals surface area contributed by atoms with Crippen LogP contribution in [-0.2, 0) is 0 Å². The van der Waals surface area contributed by atoms with Crippen LogP contribution in [-0.4, -0.2) is 68.6 Å². The van der Waals surface area contributed by atoms with Crippen molar-refractivity contribution < 1.29 is 0 Å². The maximum absolute atomic E-state index is 4.62. The second-order valence-electron chi connectivity index (χ2n) is 5.33. The van der Waals surface area contributed by atoms with E-state index in [2.05, 4.69) is 44.5 Å². The molecule has 1 heterocycles. The maximum Gasteiger partial charge on any atom is 0.0836 e. The molecule has 0 saturated heterocycles. The molecule has 4 nitrogen and oxygen atoms in total. The summed E-state index contributed by atoms with van der Waals surface area (Å²) in [6, 6.07) is 4.12. The fourth-order valence-electron chi connectivity index (χ4n) is 1.87. The van der Waals surface area contributed by atoms with Gasteiger partial charge in [0.25, 0.3) is 0 Å². The quantitative estimate of drug-likeness (QED) is 0.451. The van der Waals surface area contributed by atoms with E-state index in [0.29, 0.717) is 0 Å². The molecule has 0 aliphatic rings. The van der Waals surface area contributed by atoms with Crippen LogP contribution in [0, 0.1) is 0 Å². The molecule has 0 bridgehead atoms. The number of hydrogen-bond donors (Lipinski definition) is 0. The van der Waals surface area contributed by atoms with E-state index in [1.54, 1.807) is 0 Å². The van der Waals surface area contributed by atoms with Gasteiger partial charge in [0, 0.05) is 45.3 Å². The van der Waals surface area contributed by atoms with E-state index in [4.69, 9.17) is 0 Å². The zero-order chi connectivity index (χ0) is 16.9. The molecule has 1 aromatic rings. The second kappa shape index (κ2) is 12.4. The van der Waals surface area contributed by atoms with Crippen LogP contribution < -0.4 is 4.90 Å². The molecule has 0 spiro atoms. The molecule has 1 rings (SSSR count). The van der Waals surface area contributed by atoms with Gasteiger partial charge in [0.2, 0.25) is 0 Å². The average molecular weight is 353 g/mol. The van der Waals surface area contributed by atoms with Gasteiger partial charge in [-0.25, -0.2) is 4.98 Å². The highest BCUT2D eigenvalue weighted by Gasteiger charge is 2.02. The minimum Gasteiger partial charge on any atom is -0.378 e. The van der Waals surface area contributed by atoms with Gasteiger partial charge >= 0.3 is 0 Å². The minimum atomic E-state index is 0.854. The average Bonchev–Trinajstić information content (AvgIpc) is 2.54. The predicted octanol–water partition coefficient (Wildman–Crippen LogP) is 3.49. The van der Waals surface area contributed by atoms with Crippen molar-refractivity contribution in [1.82, 2.24) is 4.98 Å². The molecule has 1 aromatic heterocycles. The number of rotatable bonds is 11. The minimum absolute atomic E-state index is 0.854. The van der Waals surface area contributed by atoms with Crippen LogP contribution in [0.1, 0.15) is 24.2 Å². The summed E-state index contributed by atoms with van der Waals surface area (Å²) in [5.41, 5.74) is 2.91. The van der Waals surface area contributed by atoms with E-state index in [1.165, 1.54) is 0 Å². The molecule has 0 amide bonds. The lowest BCUT2D eigenvalue weighted by Gasteiger charge is -2.13. The van der Waals surface area contributed by atoms with Gasteiger partial charge in [0.1, 0.15) is 0 Å². The van der Waals surface area contributed by atoms with E-state index in [1.807, 2.05) is 50.0 Å². The molecular formula is C17H28N4S2. The lowest BCUT2D eigenvalue weighted by Crippen LogP contribution is -2.10. The zero-order valence-electron chi connectivity index (χ0n) is 14.7. The van der Waals surface area contributed by atoms with Crippen LogP contribution in [0.15, 0.2) is 22.1 Å². The summed E-state index contributed by atoms with van der Waals surface area (Å²) < 4.78 is 0. The molecule has 0 fully saturated rings. The van der Waals surface area contributed by atoms with E-state index in [-0.39, 0.29) is 0 Å². The van der Waals surface area contributed by atoms with Crippen LogP contribution in [0.5, 0.6) is 0 Å². The Kier molecular flexibility index (Phi) is 10.8. The third-order valence-electron chi connectivity index (χ3n) is 3.08. The van der Waals surface area contributed by atoms with Gasteiger partial charge in [-0.2, -0.15) is 23.5 Å². The highest BCUT2D eigenvalue weighted by Crippen LogP contribution is 2.13. The van der Waals surface area contributed by atoms with Gasteiger partial charge in [0.05, 0.1) is 11.4 Å². The van der Waals surface area contributed by atoms with Crippen molar-refractivity contribution in [3.63, 3.8) is 0 Å². The van der Waals surface area contributed by atoms with Crippen LogP contribution >= 0.6 is 23.5 Å². The summed E-state index contributed by atoms with van der Waals surface area (Å²) in [4.78, 5) is 15.6. The third-order valence-corrected chi connectivity index (χ3v) is 4.48. The first-order chi connectivity index (χ1) is 11.2. The summed E-state index contributed by atoms with van der Waals surface area (Å²) in [6.45, 7) is 1.71. The molecule has 6 heteroatoms. The van der Waals surface area contributed by atoms with E-state index < -0.39 is 0 Å². The van der Waals surface area contributed by atoms with Gasteiger partial charge in [-0.15, -0.1) is 0 Å². The first-order valence-electron chi connectivity index (χ1n) is 7.84. The van der Waals surface area contributed by atoms with Crippen LogP contribution in [0.4, 0.5) is 5.69 Å².